The van der Waals surface area contributed by atoms with E-state index in [0.717, 1.165) is 13.7 Å². The van der Waals surface area contributed by atoms with E-state index in [1.165, 1.54) is 36.4 Å². The minimum atomic E-state index is -1.22. The Morgan fingerprint density at radius 2 is 1.44 bits per heavy atom. The molecule has 27 heavy (non-hydrogen) atoms. The first-order valence-corrected chi connectivity index (χ1v) is 8.11. The van der Waals surface area contributed by atoms with E-state index in [4.69, 9.17) is 4.74 Å². The van der Waals surface area contributed by atoms with Gasteiger partial charge in [0.15, 0.2) is 0 Å². The molecule has 0 unspecified atom stereocenters. The molecule has 0 spiro atoms. The highest BCUT2D eigenvalue weighted by Crippen LogP contribution is 2.11. The molecule has 0 fully saturated rings. The lowest BCUT2D eigenvalue weighted by Gasteiger charge is -2.16. The van der Waals surface area contributed by atoms with Crippen molar-refractivity contribution in [3.63, 3.8) is 0 Å². The van der Waals surface area contributed by atoms with E-state index in [2.05, 4.69) is 13.2 Å². The van der Waals surface area contributed by atoms with Gasteiger partial charge in [-0.05, 0) is 24.3 Å². The zero-order valence-corrected chi connectivity index (χ0v) is 14.6. The Kier molecular flexibility index (Phi) is 6.67. The van der Waals surface area contributed by atoms with Crippen LogP contribution in [0.5, 0.6) is 5.75 Å². The van der Waals surface area contributed by atoms with Crippen LogP contribution in [0.25, 0.3) is 0 Å². The molecule has 0 aliphatic carbocycles. The van der Waals surface area contributed by atoms with Crippen molar-refractivity contribution in [2.75, 3.05) is 6.61 Å². The molecule has 2 rings (SSSR count). The summed E-state index contributed by atoms with van der Waals surface area (Å²) < 4.78 is 20.6. The number of nitrogens with zero attached hydrogens (tertiary/aromatic N) is 3. The molecule has 0 radical (unpaired) electrons. The first-order valence-electron chi connectivity index (χ1n) is 8.11. The van der Waals surface area contributed by atoms with Crippen LogP contribution in [-0.4, -0.2) is 31.5 Å². The number of allylic oxidation sites excluding steroid dienone is 2. The second-order valence-electron chi connectivity index (χ2n) is 5.68. The minimum absolute atomic E-state index is 0.0860. The van der Waals surface area contributed by atoms with Gasteiger partial charge < -0.3 is 9.84 Å². The first-order chi connectivity index (χ1) is 12.9. The van der Waals surface area contributed by atoms with Crippen LogP contribution in [0.15, 0.2) is 64.0 Å². The minimum Gasteiger partial charge on any atom is -0.491 e. The topological polar surface area (TPSA) is 95.5 Å². The van der Waals surface area contributed by atoms with E-state index in [0.29, 0.717) is 5.75 Å². The van der Waals surface area contributed by atoms with Gasteiger partial charge in [-0.1, -0.05) is 12.2 Å². The normalized spacial score (nSPS) is 11.8. The molecule has 8 nitrogen and oxygen atoms in total. The Morgan fingerprint density at radius 1 is 0.963 bits per heavy atom. The van der Waals surface area contributed by atoms with Crippen molar-refractivity contribution in [3.05, 3.63) is 86.8 Å². The van der Waals surface area contributed by atoms with Crippen LogP contribution in [0.2, 0.25) is 0 Å². The van der Waals surface area contributed by atoms with Crippen molar-refractivity contribution in [2.45, 2.75) is 25.7 Å². The molecule has 1 heterocycles. The smallest absolute Gasteiger partial charge is 0.336 e. The molecule has 0 aliphatic rings. The van der Waals surface area contributed by atoms with Crippen LogP contribution in [0.4, 0.5) is 4.39 Å². The third kappa shape index (κ3) is 4.70. The molecule has 1 N–H and O–H groups in total. The highest BCUT2D eigenvalue weighted by atomic mass is 19.1. The van der Waals surface area contributed by atoms with Gasteiger partial charge in [-0.15, -0.1) is 13.2 Å². The maximum absolute atomic E-state index is 12.9. The van der Waals surface area contributed by atoms with Crippen molar-refractivity contribution in [1.29, 1.82) is 0 Å². The summed E-state index contributed by atoms with van der Waals surface area (Å²) in [4.78, 5) is 37.2. The fourth-order valence-corrected chi connectivity index (χ4v) is 2.40. The van der Waals surface area contributed by atoms with Gasteiger partial charge in [-0.3, -0.25) is 0 Å². The maximum Gasteiger partial charge on any atom is 0.336 e. The molecular weight excluding hydrogens is 357 g/mol. The summed E-state index contributed by atoms with van der Waals surface area (Å²) in [7, 11) is 0. The van der Waals surface area contributed by atoms with Crippen molar-refractivity contribution in [1.82, 2.24) is 13.7 Å². The van der Waals surface area contributed by atoms with Crippen LogP contribution >= 0.6 is 0 Å². The summed E-state index contributed by atoms with van der Waals surface area (Å²) in [5.74, 6) is -0.106. The summed E-state index contributed by atoms with van der Waals surface area (Å²) in [6.45, 7) is 6.18. The quantitative estimate of drug-likeness (QED) is 0.627. The standard InChI is InChI=1S/C18H20FN3O5/c1-3-9-20-16(24)21(10-4-2)18(26)22(17(20)25)11-14(23)12-27-15-7-5-13(19)6-8-15/h3-8,14,23H,1-2,9-12H2/t14-/m0/s1. The number of aliphatic hydroxyl groups is 1. The van der Waals surface area contributed by atoms with E-state index < -0.39 is 29.0 Å². The Balaban J connectivity index is 2.28. The Labute approximate surface area is 153 Å². The number of benzene rings is 1. The van der Waals surface area contributed by atoms with Crippen molar-refractivity contribution >= 4 is 0 Å². The third-order valence-corrected chi connectivity index (χ3v) is 3.66. The largest absolute Gasteiger partial charge is 0.491 e. The molecular formula is C18H20FN3O5. The Morgan fingerprint density at radius 3 is 1.93 bits per heavy atom. The molecule has 0 aliphatic heterocycles. The Hall–Kier alpha value is -3.20. The monoisotopic (exact) mass is 377 g/mol. The predicted molar refractivity (Wildman–Crippen MR) is 97.5 cm³/mol. The molecule has 1 aromatic carbocycles. The van der Waals surface area contributed by atoms with Gasteiger partial charge in [0.1, 0.15) is 24.3 Å². The SMILES string of the molecule is C=CCn1c(=O)n(CC=C)c(=O)n(C[C@H](O)COc2ccc(F)cc2)c1=O. The van der Waals surface area contributed by atoms with E-state index in [1.807, 2.05) is 0 Å². The van der Waals surface area contributed by atoms with Crippen molar-refractivity contribution in [2.24, 2.45) is 0 Å². The van der Waals surface area contributed by atoms with Gasteiger partial charge in [0.25, 0.3) is 0 Å². The predicted octanol–water partition coefficient (Wildman–Crippen LogP) is 0.123. The van der Waals surface area contributed by atoms with Gasteiger partial charge in [-0.2, -0.15) is 0 Å². The average Bonchev–Trinajstić information content (AvgIpc) is 2.65. The second kappa shape index (κ2) is 8.95. The highest BCUT2D eigenvalue weighted by Gasteiger charge is 2.17. The number of halogens is 1. The lowest BCUT2D eigenvalue weighted by molar-refractivity contribution is 0.0888. The highest BCUT2D eigenvalue weighted by molar-refractivity contribution is 5.22. The number of ether oxygens (including phenoxy) is 1. The average molecular weight is 377 g/mol. The molecule has 144 valence electrons. The maximum atomic E-state index is 12.9. The van der Waals surface area contributed by atoms with Crippen LogP contribution < -0.4 is 21.8 Å². The lowest BCUT2D eigenvalue weighted by Crippen LogP contribution is -2.55. The molecule has 0 saturated carbocycles. The summed E-state index contributed by atoms with van der Waals surface area (Å²) in [5, 5.41) is 10.1. The molecule has 0 amide bonds. The summed E-state index contributed by atoms with van der Waals surface area (Å²) in [6.07, 6.45) is 1.49. The fourth-order valence-electron chi connectivity index (χ4n) is 2.40. The third-order valence-electron chi connectivity index (χ3n) is 3.66. The van der Waals surface area contributed by atoms with E-state index in [1.54, 1.807) is 0 Å². The molecule has 2 aromatic rings. The molecule has 1 atom stereocenters. The fraction of sp³-hybridized carbons (Fsp3) is 0.278. The van der Waals surface area contributed by atoms with Crippen LogP contribution in [0, 0.1) is 5.82 Å². The van der Waals surface area contributed by atoms with Gasteiger partial charge in [-0.25, -0.2) is 32.5 Å². The molecule has 1 aromatic heterocycles. The lowest BCUT2D eigenvalue weighted by atomic mass is 10.3. The number of hydrogen-bond donors (Lipinski definition) is 1. The number of aromatic nitrogens is 3. The van der Waals surface area contributed by atoms with Gasteiger partial charge in [0.2, 0.25) is 0 Å². The van der Waals surface area contributed by atoms with E-state index in [-0.39, 0.29) is 26.2 Å². The van der Waals surface area contributed by atoms with E-state index in [9.17, 15) is 23.9 Å². The first kappa shape index (κ1) is 20.1. The van der Waals surface area contributed by atoms with Crippen molar-refractivity contribution in [3.8, 4) is 5.75 Å². The van der Waals surface area contributed by atoms with Crippen LogP contribution in [0.1, 0.15) is 0 Å². The molecule has 0 bridgehead atoms. The zero-order chi connectivity index (χ0) is 20.0. The van der Waals surface area contributed by atoms with E-state index >= 15 is 0 Å². The summed E-state index contributed by atoms with van der Waals surface area (Å²) >= 11 is 0. The van der Waals surface area contributed by atoms with Crippen LogP contribution in [0.3, 0.4) is 0 Å². The second-order valence-corrected chi connectivity index (χ2v) is 5.68. The van der Waals surface area contributed by atoms with Crippen molar-refractivity contribution < 1.29 is 14.2 Å². The number of hydrogen-bond acceptors (Lipinski definition) is 5. The summed E-state index contributed by atoms with van der Waals surface area (Å²) in [6, 6.07) is 5.17. The summed E-state index contributed by atoms with van der Waals surface area (Å²) in [5.41, 5.74) is -2.49. The number of rotatable bonds is 9. The van der Waals surface area contributed by atoms with Gasteiger partial charge in [0.05, 0.1) is 19.6 Å². The Bertz CT molecular complexity index is 940. The number of aliphatic hydroxyl groups excluding tert-OH is 1. The zero-order valence-electron chi connectivity index (χ0n) is 14.6. The van der Waals surface area contributed by atoms with Crippen LogP contribution in [-0.2, 0) is 19.6 Å². The molecule has 0 saturated heterocycles. The van der Waals surface area contributed by atoms with Gasteiger partial charge >= 0.3 is 17.1 Å². The van der Waals surface area contributed by atoms with Gasteiger partial charge in [0, 0.05) is 0 Å². The molecule has 9 heteroatoms.